The van der Waals surface area contributed by atoms with Gasteiger partial charge in [0.15, 0.2) is 0 Å². The van der Waals surface area contributed by atoms with Gasteiger partial charge in [-0.1, -0.05) is 72.9 Å². The van der Waals surface area contributed by atoms with Crippen LogP contribution in [0.25, 0.3) is 18.2 Å². The third-order valence-electron chi connectivity index (χ3n) is 8.00. The highest BCUT2D eigenvalue weighted by Crippen LogP contribution is 2.52. The van der Waals surface area contributed by atoms with Gasteiger partial charge in [-0.2, -0.15) is 9.59 Å². The fourth-order valence-electron chi connectivity index (χ4n) is 6.01. The summed E-state index contributed by atoms with van der Waals surface area (Å²) in [5.41, 5.74) is 6.97. The van der Waals surface area contributed by atoms with E-state index >= 15 is 0 Å². The largest absolute Gasteiger partial charge is 0.497 e. The lowest BCUT2D eigenvalue weighted by Crippen LogP contribution is -2.30. The molecule has 1 aliphatic carbocycles. The minimum atomic E-state index is -0.947. The normalized spacial score (nSPS) is 19.5. The van der Waals surface area contributed by atoms with Crippen LogP contribution in [0.15, 0.2) is 71.6 Å². The number of hydrogen-bond acceptors (Lipinski definition) is 8. The van der Waals surface area contributed by atoms with Crippen molar-refractivity contribution in [1.29, 1.82) is 0 Å². The molecule has 2 heterocycles. The summed E-state index contributed by atoms with van der Waals surface area (Å²) in [6.45, 7) is 0.0936. The summed E-state index contributed by atoms with van der Waals surface area (Å²) in [4.78, 5) is 44.5. The van der Waals surface area contributed by atoms with Crippen LogP contribution in [0.3, 0.4) is 0 Å². The second kappa shape index (κ2) is 13.9. The van der Waals surface area contributed by atoms with Crippen LogP contribution >= 0.6 is 24.0 Å². The number of hydrogen-bond donors (Lipinski definition) is 1. The number of thioether (sulfide) groups is 1. The van der Waals surface area contributed by atoms with Crippen molar-refractivity contribution < 1.29 is 29.0 Å². The van der Waals surface area contributed by atoms with Crippen molar-refractivity contribution in [2.45, 2.75) is 37.6 Å². The molecule has 10 heteroatoms. The zero-order valence-corrected chi connectivity index (χ0v) is 25.6. The molecular formula is C34H30N2O6S2. The molecule has 3 aliphatic rings. The first-order chi connectivity index (χ1) is 21.3. The molecule has 1 saturated carbocycles. The molecule has 3 aromatic rings. The maximum Gasteiger partial charge on any atom is 0.373 e. The number of carboxylic acids is 1. The lowest BCUT2D eigenvalue weighted by molar-refractivity contribution is -0.191. The van der Waals surface area contributed by atoms with Gasteiger partial charge < -0.3 is 14.7 Å². The second-order valence-corrected chi connectivity index (χ2v) is 12.2. The van der Waals surface area contributed by atoms with E-state index in [1.165, 1.54) is 40.0 Å². The molecule has 0 spiro atoms. The highest BCUT2D eigenvalue weighted by molar-refractivity contribution is 8.26. The van der Waals surface area contributed by atoms with Crippen LogP contribution in [-0.4, -0.2) is 52.1 Å². The molecule has 44 heavy (non-hydrogen) atoms. The average Bonchev–Trinajstić information content (AvgIpc) is 3.69. The molecule has 0 aromatic heterocycles. The van der Waals surface area contributed by atoms with Crippen molar-refractivity contribution in [3.05, 3.63) is 93.9 Å². The van der Waals surface area contributed by atoms with Gasteiger partial charge in [-0.05, 0) is 77.6 Å². The predicted octanol–water partition coefficient (Wildman–Crippen LogP) is 6.75. The lowest BCUT2D eigenvalue weighted by Gasteiger charge is -2.27. The van der Waals surface area contributed by atoms with Gasteiger partial charge in [-0.15, -0.1) is 0 Å². The quantitative estimate of drug-likeness (QED) is 0.165. The second-order valence-electron chi connectivity index (χ2n) is 10.6. The molecule has 224 valence electrons. The number of carbonyl (C=O) groups is 2. The summed E-state index contributed by atoms with van der Waals surface area (Å²) < 4.78 is 5.65. The number of carboxylic acid groups (broad SMARTS) is 1. The number of carbonyl (C=O) groups excluding carboxylic acids is 3. The van der Waals surface area contributed by atoms with E-state index in [2.05, 4.69) is 59.5 Å². The number of aliphatic carboxylic acids is 1. The number of nitrogens with zero attached hydrogens (tertiary/aromatic N) is 2. The predicted molar refractivity (Wildman–Crippen MR) is 174 cm³/mol. The molecular weight excluding hydrogens is 597 g/mol. The summed E-state index contributed by atoms with van der Waals surface area (Å²) in [6.07, 6.45) is 9.73. The van der Waals surface area contributed by atoms with E-state index in [-0.39, 0.29) is 25.0 Å². The Balaban J connectivity index is 0.00000123. The monoisotopic (exact) mass is 626 g/mol. The van der Waals surface area contributed by atoms with E-state index in [0.717, 1.165) is 35.3 Å². The Bertz CT molecular complexity index is 1660. The fraction of sp³-hybridized carbons (Fsp3) is 0.235. The molecule has 6 rings (SSSR count). The number of rotatable bonds is 8. The number of ether oxygens (including phenoxy) is 1. The summed E-state index contributed by atoms with van der Waals surface area (Å²) in [7, 11) is 1.67. The fourth-order valence-corrected chi connectivity index (χ4v) is 7.31. The van der Waals surface area contributed by atoms with Crippen LogP contribution in [0, 0.1) is 0 Å². The number of benzene rings is 3. The summed E-state index contributed by atoms with van der Waals surface area (Å²) in [5, 5.41) is 9.00. The van der Waals surface area contributed by atoms with E-state index < -0.39 is 5.97 Å². The highest BCUT2D eigenvalue weighted by Gasteiger charge is 2.42. The lowest BCUT2D eigenvalue weighted by atomic mass is 9.96. The summed E-state index contributed by atoms with van der Waals surface area (Å²) in [6, 6.07) is 23.6. The molecule has 2 aliphatic heterocycles. The van der Waals surface area contributed by atoms with Gasteiger partial charge in [0, 0.05) is 29.9 Å². The first kappa shape index (κ1) is 30.9. The van der Waals surface area contributed by atoms with Crippen LogP contribution in [0.2, 0.25) is 0 Å². The van der Waals surface area contributed by atoms with Crippen molar-refractivity contribution >= 4 is 75.9 Å². The first-order valence-corrected chi connectivity index (χ1v) is 15.4. The molecule has 1 saturated heterocycles. The van der Waals surface area contributed by atoms with Gasteiger partial charge in [-0.25, -0.2) is 0 Å². The highest BCUT2D eigenvalue weighted by atomic mass is 32.2. The zero-order valence-electron chi connectivity index (χ0n) is 24.0. The average molecular weight is 627 g/mol. The van der Waals surface area contributed by atoms with Gasteiger partial charge in [-0.3, -0.25) is 14.5 Å². The molecule has 1 amide bonds. The van der Waals surface area contributed by atoms with E-state index in [0.29, 0.717) is 21.2 Å². The molecule has 2 atom stereocenters. The molecule has 3 aromatic carbocycles. The Labute approximate surface area is 265 Å². The van der Waals surface area contributed by atoms with Gasteiger partial charge in [0.05, 0.1) is 18.4 Å². The molecule has 0 bridgehead atoms. The maximum absolute atomic E-state index is 12.9. The Hall–Kier alpha value is -4.50. The Morgan fingerprint density at radius 3 is 2.30 bits per heavy atom. The van der Waals surface area contributed by atoms with E-state index in [4.69, 9.17) is 31.7 Å². The van der Waals surface area contributed by atoms with E-state index in [9.17, 15) is 9.59 Å². The zero-order chi connectivity index (χ0) is 31.2. The minimum Gasteiger partial charge on any atom is -0.497 e. The van der Waals surface area contributed by atoms with Gasteiger partial charge in [0.2, 0.25) is 0 Å². The standard InChI is InChI=1S/C33H30N2O4S2.CO2/c1-39-25-14-9-22(10-15-25)6-5-21-7-12-24(13-8-21)35-28-4-2-3-26(28)27-19-23(11-16-29(27)35)20-30-32(38)34(33(40)41-30)18-17-31(36)37;2-1-3/h5-16,19-20,26,28H,2-4,17-18H2,1H3,(H,36,37);/b6-5?,30-20-;. The van der Waals surface area contributed by atoms with Crippen LogP contribution in [0.4, 0.5) is 11.4 Å². The molecule has 2 fully saturated rings. The van der Waals surface area contributed by atoms with Crippen LogP contribution < -0.4 is 9.64 Å². The first-order valence-electron chi connectivity index (χ1n) is 14.1. The SMILES string of the molecule is COc1ccc(C=Cc2ccc(N3c4ccc(/C=C5\SC(=S)N(CCC(=O)O)C5=O)cc4C4CCCC43)cc2)cc1.O=C=O. The van der Waals surface area contributed by atoms with Crippen molar-refractivity contribution in [3.8, 4) is 5.75 Å². The Kier molecular flexibility index (Phi) is 9.75. The molecule has 2 unspecified atom stereocenters. The number of methoxy groups -OCH3 is 1. The van der Waals surface area contributed by atoms with Gasteiger partial charge in [0.25, 0.3) is 5.91 Å². The van der Waals surface area contributed by atoms with Crippen LogP contribution in [0.5, 0.6) is 5.75 Å². The summed E-state index contributed by atoms with van der Waals surface area (Å²) >= 11 is 6.59. The van der Waals surface area contributed by atoms with Crippen molar-refractivity contribution in [2.24, 2.45) is 0 Å². The minimum absolute atomic E-state index is 0.0936. The number of fused-ring (bicyclic) bond motifs is 3. The topological polar surface area (TPSA) is 104 Å². The van der Waals surface area contributed by atoms with E-state index in [1.807, 2.05) is 30.3 Å². The van der Waals surface area contributed by atoms with Gasteiger partial charge in [0.1, 0.15) is 10.1 Å². The van der Waals surface area contributed by atoms with Crippen molar-refractivity contribution in [1.82, 2.24) is 4.90 Å². The maximum atomic E-state index is 12.9. The Morgan fingerprint density at radius 2 is 1.66 bits per heavy atom. The van der Waals surface area contributed by atoms with Crippen molar-refractivity contribution in [3.63, 3.8) is 0 Å². The third-order valence-corrected chi connectivity index (χ3v) is 9.38. The molecule has 1 N–H and O–H groups in total. The summed E-state index contributed by atoms with van der Waals surface area (Å²) in [5.74, 6) is 0.138. The van der Waals surface area contributed by atoms with E-state index in [1.54, 1.807) is 7.11 Å². The number of amides is 1. The van der Waals surface area contributed by atoms with Gasteiger partial charge >= 0.3 is 12.1 Å². The van der Waals surface area contributed by atoms with Crippen LogP contribution in [0.1, 0.15) is 53.9 Å². The number of anilines is 2. The van der Waals surface area contributed by atoms with Crippen molar-refractivity contribution in [2.75, 3.05) is 18.6 Å². The van der Waals surface area contributed by atoms with Crippen LogP contribution in [-0.2, 0) is 19.2 Å². The molecule has 8 nitrogen and oxygen atoms in total. The Morgan fingerprint density at radius 1 is 1.02 bits per heavy atom. The molecule has 0 radical (unpaired) electrons. The smallest absolute Gasteiger partial charge is 0.373 e. The third kappa shape index (κ3) is 6.68. The number of thiocarbonyl (C=S) groups is 1.